The normalized spacial score (nSPS) is 14.0. The lowest BCUT2D eigenvalue weighted by Crippen LogP contribution is -2.48. The minimum atomic E-state index is -0.525. The Balaban J connectivity index is 2.13. The Bertz CT molecular complexity index is 908. The number of aryl methyl sites for hydroxylation is 1. The number of anilines is 2. The van der Waals surface area contributed by atoms with Crippen LogP contribution < -0.4 is 9.80 Å². The molecule has 2 aromatic rings. The molecule has 0 unspecified atom stereocenters. The van der Waals surface area contributed by atoms with Crippen LogP contribution in [0.25, 0.3) is 0 Å². The fourth-order valence-electron chi connectivity index (χ4n) is 3.35. The second kappa shape index (κ2) is 9.28. The average molecular weight is 394 g/mol. The van der Waals surface area contributed by atoms with Crippen molar-refractivity contribution in [3.8, 4) is 0 Å². The van der Waals surface area contributed by atoms with Gasteiger partial charge in [0, 0.05) is 11.4 Å². The van der Waals surface area contributed by atoms with Gasteiger partial charge in [-0.3, -0.25) is 0 Å². The Morgan fingerprint density at radius 1 is 0.897 bits per heavy atom. The van der Waals surface area contributed by atoms with Crippen LogP contribution in [0.1, 0.15) is 19.4 Å². The maximum Gasteiger partial charge on any atom is 0.355 e. The van der Waals surface area contributed by atoms with Crippen LogP contribution in [-0.4, -0.2) is 38.4 Å². The molecule has 0 amide bonds. The second-order valence-corrected chi connectivity index (χ2v) is 6.71. The van der Waals surface area contributed by atoms with Crippen molar-refractivity contribution in [2.45, 2.75) is 20.8 Å². The van der Waals surface area contributed by atoms with Crippen LogP contribution in [0, 0.1) is 6.92 Å². The number of rotatable bonds is 6. The van der Waals surface area contributed by atoms with Gasteiger partial charge in [-0.15, -0.1) is 0 Å². The molecule has 0 saturated heterocycles. The molecule has 0 bridgehead atoms. The van der Waals surface area contributed by atoms with E-state index in [1.807, 2.05) is 60.4 Å². The number of esters is 2. The Morgan fingerprint density at radius 3 is 2.21 bits per heavy atom. The second-order valence-electron chi connectivity index (χ2n) is 6.71. The van der Waals surface area contributed by atoms with E-state index in [0.717, 1.165) is 16.9 Å². The van der Waals surface area contributed by atoms with Gasteiger partial charge in [-0.25, -0.2) is 9.59 Å². The first-order chi connectivity index (χ1) is 14.0. The fourth-order valence-corrected chi connectivity index (χ4v) is 3.35. The lowest BCUT2D eigenvalue weighted by molar-refractivity contribution is -0.142. The quantitative estimate of drug-likeness (QED) is 0.697. The van der Waals surface area contributed by atoms with E-state index < -0.39 is 11.9 Å². The molecule has 0 fully saturated rings. The van der Waals surface area contributed by atoms with Gasteiger partial charge in [-0.1, -0.05) is 30.3 Å². The lowest BCUT2D eigenvalue weighted by atomic mass is 10.1. The van der Waals surface area contributed by atoms with Gasteiger partial charge in [0.2, 0.25) is 0 Å². The Labute approximate surface area is 171 Å². The molecule has 1 heterocycles. The topological polar surface area (TPSA) is 59.1 Å². The Morgan fingerprint density at radius 2 is 1.55 bits per heavy atom. The minimum absolute atomic E-state index is 0.225. The van der Waals surface area contributed by atoms with E-state index in [2.05, 4.69) is 11.0 Å². The molecule has 0 radical (unpaired) electrons. The predicted molar refractivity (Wildman–Crippen MR) is 113 cm³/mol. The minimum Gasteiger partial charge on any atom is -0.463 e. The average Bonchev–Trinajstić information content (AvgIpc) is 2.73. The Kier molecular flexibility index (Phi) is 6.54. The summed E-state index contributed by atoms with van der Waals surface area (Å²) in [5.41, 5.74) is 3.42. The fraction of sp³-hybridized carbons (Fsp3) is 0.304. The number of hydrogen-bond acceptors (Lipinski definition) is 6. The molecule has 6 nitrogen and oxygen atoms in total. The zero-order chi connectivity index (χ0) is 20.8. The number of para-hydroxylation sites is 1. The van der Waals surface area contributed by atoms with Gasteiger partial charge in [0.15, 0.2) is 0 Å². The van der Waals surface area contributed by atoms with Gasteiger partial charge in [-0.2, -0.15) is 0 Å². The van der Waals surface area contributed by atoms with E-state index in [9.17, 15) is 9.59 Å². The highest BCUT2D eigenvalue weighted by Gasteiger charge is 2.35. The van der Waals surface area contributed by atoms with Crippen molar-refractivity contribution in [2.75, 3.05) is 36.2 Å². The molecule has 6 heteroatoms. The molecule has 29 heavy (non-hydrogen) atoms. The van der Waals surface area contributed by atoms with Crippen LogP contribution in [-0.2, 0) is 19.1 Å². The van der Waals surface area contributed by atoms with E-state index in [1.54, 1.807) is 13.8 Å². The third kappa shape index (κ3) is 4.59. The summed E-state index contributed by atoms with van der Waals surface area (Å²) in [5.74, 6) is -1.03. The van der Waals surface area contributed by atoms with Crippen molar-refractivity contribution in [3.63, 3.8) is 0 Å². The SMILES string of the molecule is CCOC(=O)C1=C(C(=O)OCC)N(c2ccccc2)CN(c2cccc(C)c2)C1. The molecule has 0 saturated carbocycles. The van der Waals surface area contributed by atoms with Crippen molar-refractivity contribution >= 4 is 23.3 Å². The van der Waals surface area contributed by atoms with Crippen LogP contribution in [0.3, 0.4) is 0 Å². The van der Waals surface area contributed by atoms with Crippen molar-refractivity contribution in [3.05, 3.63) is 71.4 Å². The molecule has 0 aliphatic carbocycles. The van der Waals surface area contributed by atoms with Gasteiger partial charge in [0.25, 0.3) is 0 Å². The van der Waals surface area contributed by atoms with E-state index in [1.165, 1.54) is 0 Å². The standard InChI is InChI=1S/C23H26N2O4/c1-4-28-22(26)20-15-24(19-13-9-10-17(3)14-19)16-25(18-11-7-6-8-12-18)21(20)23(27)29-5-2/h6-14H,4-5,15-16H2,1-3H3. The number of nitrogens with zero attached hydrogens (tertiary/aromatic N) is 2. The van der Waals surface area contributed by atoms with Gasteiger partial charge < -0.3 is 19.3 Å². The van der Waals surface area contributed by atoms with Crippen LogP contribution in [0.4, 0.5) is 11.4 Å². The van der Waals surface area contributed by atoms with Crippen molar-refractivity contribution in [1.29, 1.82) is 0 Å². The van der Waals surface area contributed by atoms with E-state index in [-0.39, 0.29) is 25.5 Å². The largest absolute Gasteiger partial charge is 0.463 e. The van der Waals surface area contributed by atoms with Crippen LogP contribution in [0.5, 0.6) is 0 Å². The molecule has 3 rings (SSSR count). The van der Waals surface area contributed by atoms with E-state index in [0.29, 0.717) is 12.2 Å². The highest BCUT2D eigenvalue weighted by molar-refractivity contribution is 6.04. The summed E-state index contributed by atoms with van der Waals surface area (Å²) in [6.45, 7) is 6.64. The lowest BCUT2D eigenvalue weighted by Gasteiger charge is -2.39. The summed E-state index contributed by atoms with van der Waals surface area (Å²) in [6.07, 6.45) is 0. The molecular formula is C23H26N2O4. The predicted octanol–water partition coefficient (Wildman–Crippen LogP) is 3.66. The highest BCUT2D eigenvalue weighted by Crippen LogP contribution is 2.30. The first-order valence-corrected chi connectivity index (χ1v) is 9.76. The van der Waals surface area contributed by atoms with E-state index in [4.69, 9.17) is 9.47 Å². The first kappa shape index (κ1) is 20.5. The Hall–Kier alpha value is -3.28. The summed E-state index contributed by atoms with van der Waals surface area (Å²) in [6, 6.07) is 17.6. The molecular weight excluding hydrogens is 368 g/mol. The number of ether oxygens (including phenoxy) is 2. The summed E-state index contributed by atoms with van der Waals surface area (Å²) < 4.78 is 10.6. The molecule has 1 aliphatic heterocycles. The summed E-state index contributed by atoms with van der Waals surface area (Å²) in [4.78, 5) is 29.5. The number of carbonyl (C=O) groups is 2. The third-order valence-electron chi connectivity index (χ3n) is 4.64. The van der Waals surface area contributed by atoms with Gasteiger partial charge in [-0.05, 0) is 50.6 Å². The number of carbonyl (C=O) groups excluding carboxylic acids is 2. The molecule has 0 atom stereocenters. The van der Waals surface area contributed by atoms with Crippen molar-refractivity contribution in [1.82, 2.24) is 0 Å². The summed E-state index contributed by atoms with van der Waals surface area (Å²) in [7, 11) is 0. The number of benzene rings is 2. The van der Waals surface area contributed by atoms with Crippen molar-refractivity contribution < 1.29 is 19.1 Å². The summed E-state index contributed by atoms with van der Waals surface area (Å²) >= 11 is 0. The maximum atomic E-state index is 12.9. The van der Waals surface area contributed by atoms with Gasteiger partial charge in [0.05, 0.1) is 32.0 Å². The zero-order valence-corrected chi connectivity index (χ0v) is 17.1. The van der Waals surface area contributed by atoms with Crippen LogP contribution >= 0.6 is 0 Å². The third-order valence-corrected chi connectivity index (χ3v) is 4.64. The smallest absolute Gasteiger partial charge is 0.355 e. The molecule has 0 spiro atoms. The monoisotopic (exact) mass is 394 g/mol. The highest BCUT2D eigenvalue weighted by atomic mass is 16.5. The van der Waals surface area contributed by atoms with E-state index >= 15 is 0 Å². The molecule has 0 aromatic heterocycles. The van der Waals surface area contributed by atoms with Crippen LogP contribution in [0.2, 0.25) is 0 Å². The van der Waals surface area contributed by atoms with Crippen LogP contribution in [0.15, 0.2) is 65.9 Å². The van der Waals surface area contributed by atoms with Crippen molar-refractivity contribution in [2.24, 2.45) is 0 Å². The molecule has 0 N–H and O–H groups in total. The molecule has 152 valence electrons. The summed E-state index contributed by atoms with van der Waals surface area (Å²) in [5, 5.41) is 0. The maximum absolute atomic E-state index is 12.9. The number of hydrogen-bond donors (Lipinski definition) is 0. The molecule has 1 aliphatic rings. The molecule has 2 aromatic carbocycles. The zero-order valence-electron chi connectivity index (χ0n) is 17.1. The van der Waals surface area contributed by atoms with Gasteiger partial charge in [0.1, 0.15) is 5.70 Å². The first-order valence-electron chi connectivity index (χ1n) is 9.76. The van der Waals surface area contributed by atoms with Gasteiger partial charge >= 0.3 is 11.9 Å².